The van der Waals surface area contributed by atoms with Gasteiger partial charge in [0.15, 0.2) is 6.61 Å². The highest BCUT2D eigenvalue weighted by atomic mass is 32.2. The zero-order valence-corrected chi connectivity index (χ0v) is 22.9. The molecule has 10 heteroatoms. The molecule has 1 N–H and O–H groups in total. The van der Waals surface area contributed by atoms with E-state index >= 15 is 0 Å². The summed E-state index contributed by atoms with van der Waals surface area (Å²) in [6, 6.07) is 4.44. The average molecular weight is 511 g/mol. The minimum Gasteiger partial charge on any atom is -0.482 e. The molecule has 0 spiro atoms. The Morgan fingerprint density at radius 1 is 1.11 bits per heavy atom. The van der Waals surface area contributed by atoms with Crippen LogP contribution in [0.15, 0.2) is 23.1 Å². The summed E-state index contributed by atoms with van der Waals surface area (Å²) in [6.45, 7) is 16.1. The molecular formula is C25H42N4O5S. The summed E-state index contributed by atoms with van der Waals surface area (Å²) in [7, 11) is -3.71. The van der Waals surface area contributed by atoms with E-state index in [0.29, 0.717) is 42.9 Å². The number of ether oxygens (including phenoxy) is 1. The number of rotatable bonds is 14. The van der Waals surface area contributed by atoms with Gasteiger partial charge in [0.25, 0.3) is 5.91 Å². The van der Waals surface area contributed by atoms with E-state index in [1.807, 2.05) is 0 Å². The highest BCUT2D eigenvalue weighted by Gasteiger charge is 2.30. The number of anilines is 1. The summed E-state index contributed by atoms with van der Waals surface area (Å²) >= 11 is 0. The van der Waals surface area contributed by atoms with Gasteiger partial charge >= 0.3 is 0 Å². The molecule has 1 aromatic carbocycles. The van der Waals surface area contributed by atoms with E-state index < -0.39 is 10.0 Å². The number of hydrogen-bond acceptors (Lipinski definition) is 6. The van der Waals surface area contributed by atoms with Crippen LogP contribution in [0.25, 0.3) is 0 Å². The summed E-state index contributed by atoms with van der Waals surface area (Å²) in [6.07, 6.45) is 0.811. The fraction of sp³-hybridized carbons (Fsp3) is 0.680. The topological polar surface area (TPSA) is 99.3 Å². The van der Waals surface area contributed by atoms with Gasteiger partial charge in [-0.25, -0.2) is 8.42 Å². The highest BCUT2D eigenvalue weighted by molar-refractivity contribution is 7.89. The molecule has 0 unspecified atom stereocenters. The number of carbonyl (C=O) groups is 2. The lowest BCUT2D eigenvalue weighted by Gasteiger charge is -2.30. The predicted octanol–water partition coefficient (Wildman–Crippen LogP) is 2.56. The van der Waals surface area contributed by atoms with E-state index in [1.165, 1.54) is 21.3 Å². The molecule has 1 heterocycles. The lowest BCUT2D eigenvalue weighted by Crippen LogP contribution is -2.45. The molecule has 0 fully saturated rings. The molecular weight excluding hydrogens is 468 g/mol. The van der Waals surface area contributed by atoms with Crippen molar-refractivity contribution in [2.24, 2.45) is 11.8 Å². The van der Waals surface area contributed by atoms with Gasteiger partial charge < -0.3 is 15.0 Å². The number of nitrogens with zero attached hydrogens (tertiary/aromatic N) is 3. The van der Waals surface area contributed by atoms with Crippen LogP contribution in [-0.2, 0) is 19.6 Å². The zero-order chi connectivity index (χ0) is 26.2. The monoisotopic (exact) mass is 510 g/mol. The van der Waals surface area contributed by atoms with Crippen molar-refractivity contribution in [2.45, 2.75) is 52.9 Å². The van der Waals surface area contributed by atoms with Crippen molar-refractivity contribution in [3.8, 4) is 5.75 Å². The van der Waals surface area contributed by atoms with Gasteiger partial charge in [0.05, 0.1) is 10.6 Å². The van der Waals surface area contributed by atoms with Crippen LogP contribution < -0.4 is 15.0 Å². The molecule has 0 aliphatic carbocycles. The van der Waals surface area contributed by atoms with Crippen LogP contribution in [0.4, 0.5) is 5.69 Å². The minimum absolute atomic E-state index is 0.0686. The first-order valence-electron chi connectivity index (χ1n) is 12.6. The van der Waals surface area contributed by atoms with Crippen molar-refractivity contribution in [1.29, 1.82) is 0 Å². The Labute approximate surface area is 210 Å². The average Bonchev–Trinajstić information content (AvgIpc) is 2.78. The molecule has 198 valence electrons. The number of nitrogens with one attached hydrogen (secondary N) is 1. The van der Waals surface area contributed by atoms with Crippen LogP contribution in [0, 0.1) is 11.8 Å². The maximum Gasteiger partial charge on any atom is 0.265 e. The van der Waals surface area contributed by atoms with Crippen molar-refractivity contribution < 1.29 is 22.7 Å². The summed E-state index contributed by atoms with van der Waals surface area (Å²) < 4.78 is 32.7. The third-order valence-electron chi connectivity index (χ3n) is 5.74. The summed E-state index contributed by atoms with van der Waals surface area (Å²) in [5.74, 6) is 0.860. The third kappa shape index (κ3) is 8.18. The molecule has 2 amide bonds. The van der Waals surface area contributed by atoms with Crippen LogP contribution in [0.5, 0.6) is 5.75 Å². The van der Waals surface area contributed by atoms with Gasteiger partial charge in [-0.3, -0.25) is 14.5 Å². The van der Waals surface area contributed by atoms with Gasteiger partial charge in [-0.15, -0.1) is 0 Å². The van der Waals surface area contributed by atoms with Crippen LogP contribution in [-0.4, -0.2) is 81.9 Å². The normalized spacial score (nSPS) is 14.1. The number of fused-ring (bicyclic) bond motifs is 1. The molecule has 0 aromatic heterocycles. The van der Waals surface area contributed by atoms with E-state index in [-0.39, 0.29) is 29.9 Å². The molecule has 9 nitrogen and oxygen atoms in total. The van der Waals surface area contributed by atoms with E-state index in [4.69, 9.17) is 4.74 Å². The summed E-state index contributed by atoms with van der Waals surface area (Å²) in [5.41, 5.74) is 0.296. The first kappa shape index (κ1) is 29.1. The Hall–Kier alpha value is -2.17. The molecule has 0 radical (unpaired) electrons. The molecule has 0 atom stereocenters. The zero-order valence-electron chi connectivity index (χ0n) is 22.0. The number of sulfonamides is 1. The molecule has 0 saturated carbocycles. The van der Waals surface area contributed by atoms with Gasteiger partial charge in [0.1, 0.15) is 12.3 Å². The molecule has 1 aliphatic heterocycles. The van der Waals surface area contributed by atoms with Crippen molar-refractivity contribution in [1.82, 2.24) is 14.5 Å². The molecule has 1 aliphatic rings. The van der Waals surface area contributed by atoms with Crippen LogP contribution in [0.2, 0.25) is 0 Å². The SMILES string of the molecule is CCN(CC)S(=O)(=O)c1ccc2c(c1)N(CC(=O)NCCCN(CC(C)C)CC(C)C)C(=O)CO2. The third-order valence-corrected chi connectivity index (χ3v) is 7.78. The number of benzene rings is 1. The summed E-state index contributed by atoms with van der Waals surface area (Å²) in [5, 5.41) is 2.90. The Morgan fingerprint density at radius 2 is 1.74 bits per heavy atom. The minimum atomic E-state index is -3.71. The van der Waals surface area contributed by atoms with Crippen LogP contribution in [0.3, 0.4) is 0 Å². The fourth-order valence-electron chi connectivity index (χ4n) is 4.25. The maximum absolute atomic E-state index is 13.0. The van der Waals surface area contributed by atoms with Crippen molar-refractivity contribution >= 4 is 27.5 Å². The first-order valence-corrected chi connectivity index (χ1v) is 14.0. The number of amides is 2. The second-order valence-electron chi connectivity index (χ2n) is 9.74. The Bertz CT molecular complexity index is 951. The molecule has 2 rings (SSSR count). The van der Waals surface area contributed by atoms with Crippen LogP contribution in [0.1, 0.15) is 48.0 Å². The quantitative estimate of drug-likeness (QED) is 0.386. The number of carbonyl (C=O) groups excluding carboxylic acids is 2. The predicted molar refractivity (Wildman–Crippen MR) is 138 cm³/mol. The van der Waals surface area contributed by atoms with Gasteiger partial charge in [-0.1, -0.05) is 41.5 Å². The van der Waals surface area contributed by atoms with E-state index in [2.05, 4.69) is 37.9 Å². The first-order chi connectivity index (χ1) is 16.5. The second-order valence-corrected chi connectivity index (χ2v) is 11.7. The van der Waals surface area contributed by atoms with E-state index in [9.17, 15) is 18.0 Å². The van der Waals surface area contributed by atoms with E-state index in [1.54, 1.807) is 19.9 Å². The fourth-order valence-corrected chi connectivity index (χ4v) is 5.73. The van der Waals surface area contributed by atoms with E-state index in [0.717, 1.165) is 26.1 Å². The van der Waals surface area contributed by atoms with Gasteiger partial charge in [-0.2, -0.15) is 4.31 Å². The lowest BCUT2D eigenvalue weighted by molar-refractivity contribution is -0.125. The van der Waals surface area contributed by atoms with Crippen LogP contribution >= 0.6 is 0 Å². The molecule has 35 heavy (non-hydrogen) atoms. The largest absolute Gasteiger partial charge is 0.482 e. The van der Waals surface area contributed by atoms with Crippen molar-refractivity contribution in [2.75, 3.05) is 57.3 Å². The Morgan fingerprint density at radius 3 is 2.31 bits per heavy atom. The summed E-state index contributed by atoms with van der Waals surface area (Å²) in [4.78, 5) is 29.0. The smallest absolute Gasteiger partial charge is 0.265 e. The molecule has 0 saturated heterocycles. The Kier molecular flexibility index (Phi) is 11.0. The van der Waals surface area contributed by atoms with Gasteiger partial charge in [-0.05, 0) is 43.0 Å². The van der Waals surface area contributed by atoms with Gasteiger partial charge in [0, 0.05) is 32.7 Å². The van der Waals surface area contributed by atoms with Gasteiger partial charge in [0.2, 0.25) is 15.9 Å². The number of hydrogen-bond donors (Lipinski definition) is 1. The van der Waals surface area contributed by atoms with Crippen molar-refractivity contribution in [3.05, 3.63) is 18.2 Å². The maximum atomic E-state index is 13.0. The highest BCUT2D eigenvalue weighted by Crippen LogP contribution is 2.34. The molecule has 0 bridgehead atoms. The Balaban J connectivity index is 2.04. The second kappa shape index (κ2) is 13.2. The molecule has 1 aromatic rings. The standard InChI is InChI=1S/C25H42N4O5S/c1-7-28(8-2)35(32,33)21-10-11-23-22(14-21)29(25(31)18-34-23)17-24(30)26-12-9-13-27(15-19(3)4)16-20(5)6/h10-11,14,19-20H,7-9,12-13,15-18H2,1-6H3,(H,26,30). The van der Waals surface area contributed by atoms with Crippen molar-refractivity contribution in [3.63, 3.8) is 0 Å². The lowest BCUT2D eigenvalue weighted by atomic mass is 10.1.